The van der Waals surface area contributed by atoms with Crippen LogP contribution in [0.4, 0.5) is 0 Å². The van der Waals surface area contributed by atoms with Gasteiger partial charge in [-0.3, -0.25) is 0 Å². The number of hydrogen-bond acceptors (Lipinski definition) is 4. The predicted molar refractivity (Wildman–Crippen MR) is 142 cm³/mol. The van der Waals surface area contributed by atoms with Gasteiger partial charge in [-0.15, -0.1) is 0 Å². The first-order chi connectivity index (χ1) is 16.4. The summed E-state index contributed by atoms with van der Waals surface area (Å²) in [4.78, 5) is 13.1. The van der Waals surface area contributed by atoms with Gasteiger partial charge in [-0.2, -0.15) is 0 Å². The van der Waals surface area contributed by atoms with E-state index < -0.39 is 15.6 Å². The highest BCUT2D eigenvalue weighted by Gasteiger charge is 2.25. The molecule has 0 aliphatic heterocycles. The second kappa shape index (κ2) is 11.1. The Hall–Kier alpha value is -2.41. The third-order valence-corrected chi connectivity index (χ3v) is 7.43. The minimum atomic E-state index is -3.57. The van der Waals surface area contributed by atoms with Crippen LogP contribution in [0.3, 0.4) is 0 Å². The predicted octanol–water partition coefficient (Wildman–Crippen LogP) is 6.82. The lowest BCUT2D eigenvalue weighted by Gasteiger charge is -2.19. The number of rotatable bonds is 9. The molecular formula is C28H34ClNO4S. The fraction of sp³-hybridized carbons (Fsp3) is 0.393. The van der Waals surface area contributed by atoms with Crippen molar-refractivity contribution < 1.29 is 17.9 Å². The molecule has 0 unspecified atom stereocenters. The molecule has 2 aliphatic rings. The van der Waals surface area contributed by atoms with Crippen molar-refractivity contribution >= 4 is 27.6 Å². The van der Waals surface area contributed by atoms with Gasteiger partial charge in [-0.25, -0.2) is 17.9 Å². The van der Waals surface area contributed by atoms with Crippen molar-refractivity contribution in [1.29, 1.82) is 0 Å². The van der Waals surface area contributed by atoms with Gasteiger partial charge < -0.3 is 4.74 Å². The van der Waals surface area contributed by atoms with Crippen molar-refractivity contribution in [3.05, 3.63) is 76.3 Å². The largest absolute Gasteiger partial charge is 0.456 e. The van der Waals surface area contributed by atoms with Crippen molar-refractivity contribution in [1.82, 2.24) is 4.72 Å². The number of hydrogen-bond donors (Lipinski definition) is 1. The number of halogens is 1. The summed E-state index contributed by atoms with van der Waals surface area (Å²) in [6.45, 7) is 10.2. The van der Waals surface area contributed by atoms with Crippen molar-refractivity contribution in [3.8, 4) is 11.1 Å². The Morgan fingerprint density at radius 1 is 0.971 bits per heavy atom. The van der Waals surface area contributed by atoms with Gasteiger partial charge in [0.15, 0.2) is 0 Å². The lowest BCUT2D eigenvalue weighted by atomic mass is 10.0. The van der Waals surface area contributed by atoms with E-state index in [1.807, 2.05) is 32.9 Å². The lowest BCUT2D eigenvalue weighted by Crippen LogP contribution is -2.24. The Balaban J connectivity index is 1.73. The number of carbonyl (C=O) groups excluding carboxylic acids is 1. The van der Waals surface area contributed by atoms with Gasteiger partial charge in [0.05, 0.1) is 10.5 Å². The Kier molecular flexibility index (Phi) is 8.63. The summed E-state index contributed by atoms with van der Waals surface area (Å²) in [5.74, 6) is 0.0374. The Morgan fingerprint density at radius 2 is 1.60 bits per heavy atom. The van der Waals surface area contributed by atoms with Crippen LogP contribution in [0.15, 0.2) is 59.5 Å². The van der Waals surface area contributed by atoms with E-state index in [-0.39, 0.29) is 10.9 Å². The van der Waals surface area contributed by atoms with Crippen LogP contribution in [0.2, 0.25) is 5.02 Å². The average molecular weight is 516 g/mol. The summed E-state index contributed by atoms with van der Waals surface area (Å²) in [5.41, 5.74) is 4.15. The van der Waals surface area contributed by atoms with E-state index in [1.54, 1.807) is 12.1 Å². The van der Waals surface area contributed by atoms with Gasteiger partial charge >= 0.3 is 5.97 Å². The second-order valence-corrected chi connectivity index (χ2v) is 12.2. The van der Waals surface area contributed by atoms with Crippen LogP contribution in [0.1, 0.15) is 74.9 Å². The lowest BCUT2D eigenvalue weighted by molar-refractivity contribution is 0.00708. The quantitative estimate of drug-likeness (QED) is 0.250. The van der Waals surface area contributed by atoms with E-state index >= 15 is 0 Å². The maximum absolute atomic E-state index is 12.9. The molecule has 7 heteroatoms. The van der Waals surface area contributed by atoms with Crippen LogP contribution in [0.25, 0.3) is 11.1 Å². The van der Waals surface area contributed by atoms with Crippen molar-refractivity contribution in [2.75, 3.05) is 6.54 Å². The van der Waals surface area contributed by atoms with Crippen molar-refractivity contribution in [3.63, 3.8) is 0 Å². The van der Waals surface area contributed by atoms with Crippen LogP contribution in [-0.2, 0) is 21.2 Å². The maximum atomic E-state index is 12.9. The number of carbonyl (C=O) groups is 1. The summed E-state index contributed by atoms with van der Waals surface area (Å²) < 4.78 is 33.2. The fourth-order valence-electron chi connectivity index (χ4n) is 3.88. The van der Waals surface area contributed by atoms with Crippen LogP contribution in [0, 0.1) is 0 Å². The third-order valence-electron chi connectivity index (χ3n) is 5.70. The van der Waals surface area contributed by atoms with Crippen molar-refractivity contribution in [2.24, 2.45) is 0 Å². The van der Waals surface area contributed by atoms with E-state index in [9.17, 15) is 13.2 Å². The molecule has 0 fully saturated rings. The Bertz CT molecular complexity index is 1240. The highest BCUT2D eigenvalue weighted by atomic mass is 35.5. The first kappa shape index (κ1) is 27.2. The molecule has 0 aromatic heterocycles. The van der Waals surface area contributed by atoms with Crippen LogP contribution in [0.5, 0.6) is 0 Å². The molecule has 0 spiro atoms. The molecule has 5 nitrogen and oxygen atoms in total. The molecule has 2 aliphatic carbocycles. The molecule has 35 heavy (non-hydrogen) atoms. The topological polar surface area (TPSA) is 72.5 Å². The molecular weight excluding hydrogens is 482 g/mol. The van der Waals surface area contributed by atoms with Crippen molar-refractivity contribution in [2.45, 2.75) is 70.3 Å². The summed E-state index contributed by atoms with van der Waals surface area (Å²) in [6.07, 6.45) is 2.16. The smallest absolute Gasteiger partial charge is 0.339 e. The van der Waals surface area contributed by atoms with Crippen LogP contribution >= 0.6 is 11.6 Å². The number of ether oxygens (including phenoxy) is 1. The monoisotopic (exact) mass is 515 g/mol. The number of aryl methyl sites for hydroxylation is 1. The van der Waals surface area contributed by atoms with Crippen LogP contribution < -0.4 is 4.72 Å². The molecule has 0 saturated carbocycles. The fourth-order valence-corrected chi connectivity index (χ4v) is 5.08. The molecule has 1 N–H and O–H groups in total. The molecule has 1 aromatic rings. The maximum Gasteiger partial charge on any atom is 0.339 e. The van der Waals surface area contributed by atoms with E-state index in [4.69, 9.17) is 16.3 Å². The van der Waals surface area contributed by atoms with Gasteiger partial charge in [0, 0.05) is 11.6 Å². The van der Waals surface area contributed by atoms with Gasteiger partial charge in [0.1, 0.15) is 5.60 Å². The zero-order chi connectivity index (χ0) is 25.8. The molecule has 0 atom stereocenters. The van der Waals surface area contributed by atoms with Gasteiger partial charge in [-0.05, 0) is 98.5 Å². The molecule has 0 saturated heterocycles. The van der Waals surface area contributed by atoms with E-state index in [1.165, 1.54) is 17.7 Å². The van der Waals surface area contributed by atoms with Gasteiger partial charge in [0.25, 0.3) is 0 Å². The zero-order valence-corrected chi connectivity index (χ0v) is 22.6. The number of esters is 1. The van der Waals surface area contributed by atoms with Gasteiger partial charge in [0.2, 0.25) is 10.0 Å². The number of sulfonamides is 1. The standard InChI is InChI=1S/C28H34ClNO4S/c1-19(2)20-9-15-24-21(18-26(25(24)16-10-20)27(31)34-28(3,4)5)8-6-7-17-30-35(32,33)23-13-11-22(29)12-14-23/h9-16,18-19,30H,6-8,17H2,1-5H3. The minimum absolute atomic E-state index is 0.194. The Labute approximate surface area is 214 Å². The average Bonchev–Trinajstić information content (AvgIpc) is 2.95. The summed E-state index contributed by atoms with van der Waals surface area (Å²) in [5, 5.41) is 0.491. The second-order valence-electron chi connectivity index (χ2n) is 10.0. The molecule has 188 valence electrons. The molecule has 0 amide bonds. The summed E-state index contributed by atoms with van der Waals surface area (Å²) in [6, 6.07) is 16.3. The number of unbranched alkanes of at least 4 members (excludes halogenated alkanes) is 1. The van der Waals surface area contributed by atoms with E-state index in [0.717, 1.165) is 29.5 Å². The molecule has 0 radical (unpaired) electrons. The van der Waals surface area contributed by atoms with Gasteiger partial charge in [-0.1, -0.05) is 49.7 Å². The first-order valence-corrected chi connectivity index (χ1v) is 13.8. The number of benzene rings is 1. The number of fused-ring (bicyclic) bond motifs is 1. The Morgan fingerprint density at radius 3 is 2.20 bits per heavy atom. The highest BCUT2D eigenvalue weighted by molar-refractivity contribution is 7.89. The molecule has 0 heterocycles. The minimum Gasteiger partial charge on any atom is -0.456 e. The number of nitrogens with one attached hydrogen (secondary N) is 1. The summed E-state index contributed by atoms with van der Waals surface area (Å²) in [7, 11) is -3.57. The SMILES string of the molecule is CC(C)c1ccc2c(CCCCNS(=O)(=O)c3ccc(Cl)cc3)cc(C(=O)OC(C)(C)C)c-2cc1. The van der Waals surface area contributed by atoms with E-state index in [2.05, 4.69) is 36.8 Å². The molecule has 1 aromatic carbocycles. The third kappa shape index (κ3) is 7.29. The van der Waals surface area contributed by atoms with Crippen LogP contribution in [-0.4, -0.2) is 26.5 Å². The molecule has 3 rings (SSSR count). The molecule has 0 bridgehead atoms. The van der Waals surface area contributed by atoms with E-state index in [0.29, 0.717) is 29.5 Å². The summed E-state index contributed by atoms with van der Waals surface area (Å²) >= 11 is 5.85. The highest BCUT2D eigenvalue weighted by Crippen LogP contribution is 2.35. The first-order valence-electron chi connectivity index (χ1n) is 11.9. The zero-order valence-electron chi connectivity index (χ0n) is 21.0. The normalized spacial score (nSPS) is 12.3.